The van der Waals surface area contributed by atoms with E-state index in [9.17, 15) is 22.8 Å². The lowest BCUT2D eigenvalue weighted by molar-refractivity contribution is -0.129. The predicted molar refractivity (Wildman–Crippen MR) is 103 cm³/mol. The summed E-state index contributed by atoms with van der Waals surface area (Å²) >= 11 is 0. The van der Waals surface area contributed by atoms with Gasteiger partial charge in [0.25, 0.3) is 0 Å². The summed E-state index contributed by atoms with van der Waals surface area (Å²) in [5.41, 5.74) is 0.435. The number of amides is 2. The van der Waals surface area contributed by atoms with Crippen molar-refractivity contribution in [1.29, 1.82) is 0 Å². The molecule has 29 heavy (non-hydrogen) atoms. The third kappa shape index (κ3) is 5.29. The van der Waals surface area contributed by atoms with Crippen LogP contribution in [0.4, 0.5) is 13.2 Å². The van der Waals surface area contributed by atoms with Crippen LogP contribution in [-0.2, 0) is 16.0 Å². The Morgan fingerprint density at radius 1 is 1.17 bits per heavy atom. The van der Waals surface area contributed by atoms with Crippen molar-refractivity contribution in [3.8, 4) is 0 Å². The van der Waals surface area contributed by atoms with E-state index >= 15 is 0 Å². The Morgan fingerprint density at radius 2 is 1.83 bits per heavy atom. The summed E-state index contributed by atoms with van der Waals surface area (Å²) in [7, 11) is 1.42. The monoisotopic (exact) mass is 411 g/mol. The standard InChI is InChI=1S/C21H28F3N3O2/c1-25-20(29)17(10-14-8-15(22)19(24)16(23)9-14)27-18(28)11-13-2-3-21(12-13)4-6-26-7-5-21/h8-9,13,17,26H,2-7,10-12H2,1H3,(H,25,29)(H,27,28)/t13-,17-/m1/s1. The molecule has 1 heterocycles. The van der Waals surface area contributed by atoms with Gasteiger partial charge in [0, 0.05) is 19.9 Å². The molecular weight excluding hydrogens is 383 g/mol. The van der Waals surface area contributed by atoms with Crippen molar-refractivity contribution < 1.29 is 22.8 Å². The molecule has 2 atom stereocenters. The number of halogens is 3. The van der Waals surface area contributed by atoms with Crippen LogP contribution in [0, 0.1) is 28.8 Å². The Labute approximate surface area is 168 Å². The Morgan fingerprint density at radius 3 is 2.45 bits per heavy atom. The Kier molecular flexibility index (Phi) is 6.82. The second-order valence-electron chi connectivity index (χ2n) is 8.37. The van der Waals surface area contributed by atoms with Crippen molar-refractivity contribution in [3.63, 3.8) is 0 Å². The SMILES string of the molecule is CNC(=O)[C@@H](Cc1cc(F)c(F)c(F)c1)NC(=O)C[C@H]1CCC2(CCNCC2)C1. The molecule has 2 amide bonds. The quantitative estimate of drug-likeness (QED) is 0.630. The Balaban J connectivity index is 1.60. The third-order valence-corrected chi connectivity index (χ3v) is 6.32. The van der Waals surface area contributed by atoms with E-state index in [-0.39, 0.29) is 23.8 Å². The smallest absolute Gasteiger partial charge is 0.242 e. The zero-order valence-corrected chi connectivity index (χ0v) is 16.6. The van der Waals surface area contributed by atoms with Crippen molar-refractivity contribution in [2.75, 3.05) is 20.1 Å². The first-order valence-corrected chi connectivity index (χ1v) is 10.2. The molecule has 2 fully saturated rings. The third-order valence-electron chi connectivity index (χ3n) is 6.32. The fraction of sp³-hybridized carbons (Fsp3) is 0.619. The average Bonchev–Trinajstić information content (AvgIpc) is 3.06. The first-order valence-electron chi connectivity index (χ1n) is 10.2. The fourth-order valence-corrected chi connectivity index (χ4v) is 4.77. The maximum absolute atomic E-state index is 13.5. The van der Waals surface area contributed by atoms with Gasteiger partial charge in [0.05, 0.1) is 0 Å². The van der Waals surface area contributed by atoms with E-state index in [4.69, 9.17) is 0 Å². The minimum absolute atomic E-state index is 0.102. The van der Waals surface area contributed by atoms with E-state index in [1.807, 2.05) is 0 Å². The van der Waals surface area contributed by atoms with E-state index in [1.165, 1.54) is 7.05 Å². The highest BCUT2D eigenvalue weighted by molar-refractivity contribution is 5.87. The topological polar surface area (TPSA) is 70.2 Å². The van der Waals surface area contributed by atoms with Crippen LogP contribution in [-0.4, -0.2) is 38.0 Å². The number of carbonyl (C=O) groups is 2. The van der Waals surface area contributed by atoms with E-state index in [2.05, 4.69) is 16.0 Å². The molecule has 0 bridgehead atoms. The van der Waals surface area contributed by atoms with Crippen LogP contribution in [0.25, 0.3) is 0 Å². The van der Waals surface area contributed by atoms with Gasteiger partial charge in [0.1, 0.15) is 6.04 Å². The zero-order chi connectivity index (χ0) is 21.0. The van der Waals surface area contributed by atoms with Gasteiger partial charge in [-0.25, -0.2) is 13.2 Å². The molecule has 8 heteroatoms. The molecule has 1 aromatic carbocycles. The van der Waals surface area contributed by atoms with Gasteiger partial charge < -0.3 is 16.0 Å². The van der Waals surface area contributed by atoms with Gasteiger partial charge in [0.2, 0.25) is 11.8 Å². The second kappa shape index (κ2) is 9.15. The molecule has 3 rings (SSSR count). The Hall–Kier alpha value is -2.09. The number of likely N-dealkylation sites (N-methyl/N-ethyl adjacent to an activating group) is 1. The van der Waals surface area contributed by atoms with Gasteiger partial charge in [-0.05, 0) is 74.2 Å². The van der Waals surface area contributed by atoms with Gasteiger partial charge in [-0.3, -0.25) is 9.59 Å². The lowest BCUT2D eigenvalue weighted by Gasteiger charge is -2.34. The van der Waals surface area contributed by atoms with Gasteiger partial charge in [0.15, 0.2) is 17.5 Å². The van der Waals surface area contributed by atoms with Crippen molar-refractivity contribution in [2.45, 2.75) is 51.0 Å². The maximum Gasteiger partial charge on any atom is 0.242 e. The molecule has 1 aliphatic carbocycles. The summed E-state index contributed by atoms with van der Waals surface area (Å²) in [5, 5.41) is 8.51. The molecule has 1 saturated carbocycles. The molecule has 5 nitrogen and oxygen atoms in total. The molecule has 3 N–H and O–H groups in total. The first kappa shape index (κ1) is 21.6. The highest BCUT2D eigenvalue weighted by Crippen LogP contribution is 2.48. The molecule has 1 aliphatic heterocycles. The number of benzene rings is 1. The molecule has 160 valence electrons. The van der Waals surface area contributed by atoms with Gasteiger partial charge in [-0.1, -0.05) is 0 Å². The number of hydrogen-bond donors (Lipinski definition) is 3. The number of piperidine rings is 1. The van der Waals surface area contributed by atoms with Crippen molar-refractivity contribution in [2.24, 2.45) is 11.3 Å². The zero-order valence-electron chi connectivity index (χ0n) is 16.6. The Bertz CT molecular complexity index is 743. The minimum atomic E-state index is -1.55. The van der Waals surface area contributed by atoms with E-state index < -0.39 is 29.4 Å². The normalized spacial score (nSPS) is 21.7. The molecule has 1 saturated heterocycles. The maximum atomic E-state index is 13.5. The van der Waals surface area contributed by atoms with Crippen molar-refractivity contribution in [3.05, 3.63) is 35.1 Å². The highest BCUT2D eigenvalue weighted by atomic mass is 19.2. The number of nitrogens with one attached hydrogen (secondary N) is 3. The van der Waals surface area contributed by atoms with Crippen LogP contribution >= 0.6 is 0 Å². The molecular formula is C21H28F3N3O2. The van der Waals surface area contributed by atoms with Crippen molar-refractivity contribution in [1.82, 2.24) is 16.0 Å². The number of carbonyl (C=O) groups excluding carboxylic acids is 2. The van der Waals surface area contributed by atoms with Crippen molar-refractivity contribution >= 4 is 11.8 Å². The summed E-state index contributed by atoms with van der Waals surface area (Å²) < 4.78 is 40.1. The summed E-state index contributed by atoms with van der Waals surface area (Å²) in [4.78, 5) is 24.7. The number of rotatable bonds is 6. The predicted octanol–water partition coefficient (Wildman–Crippen LogP) is 2.44. The average molecular weight is 411 g/mol. The molecule has 0 unspecified atom stereocenters. The molecule has 0 aromatic heterocycles. The molecule has 1 aromatic rings. The van der Waals surface area contributed by atoms with Crippen LogP contribution < -0.4 is 16.0 Å². The number of hydrogen-bond acceptors (Lipinski definition) is 3. The van der Waals surface area contributed by atoms with Crippen LogP contribution in [0.1, 0.15) is 44.1 Å². The van der Waals surface area contributed by atoms with Gasteiger partial charge in [-0.2, -0.15) is 0 Å². The van der Waals surface area contributed by atoms with Crippen LogP contribution in [0.2, 0.25) is 0 Å². The van der Waals surface area contributed by atoms with Crippen LogP contribution in [0.15, 0.2) is 12.1 Å². The summed E-state index contributed by atoms with van der Waals surface area (Å²) in [5.74, 6) is -4.63. The summed E-state index contributed by atoms with van der Waals surface area (Å²) in [6.45, 7) is 2.03. The lowest BCUT2D eigenvalue weighted by Crippen LogP contribution is -2.47. The molecule has 0 radical (unpaired) electrons. The fourth-order valence-electron chi connectivity index (χ4n) is 4.77. The summed E-state index contributed by atoms with van der Waals surface area (Å²) in [6.07, 6.45) is 5.60. The van der Waals surface area contributed by atoms with Crippen LogP contribution in [0.5, 0.6) is 0 Å². The van der Waals surface area contributed by atoms with Gasteiger partial charge in [-0.15, -0.1) is 0 Å². The summed E-state index contributed by atoms with van der Waals surface area (Å²) in [6, 6.07) is 0.711. The van der Waals surface area contributed by atoms with Gasteiger partial charge >= 0.3 is 0 Å². The second-order valence-corrected chi connectivity index (χ2v) is 8.37. The minimum Gasteiger partial charge on any atom is -0.357 e. The lowest BCUT2D eigenvalue weighted by atomic mass is 9.77. The van der Waals surface area contributed by atoms with Crippen LogP contribution in [0.3, 0.4) is 0 Å². The van der Waals surface area contributed by atoms with E-state index in [0.717, 1.165) is 57.3 Å². The highest BCUT2D eigenvalue weighted by Gasteiger charge is 2.40. The van der Waals surface area contributed by atoms with E-state index in [0.29, 0.717) is 11.8 Å². The molecule has 2 aliphatic rings. The first-order chi connectivity index (χ1) is 13.8. The molecule has 1 spiro atoms. The van der Waals surface area contributed by atoms with E-state index in [1.54, 1.807) is 0 Å². The largest absolute Gasteiger partial charge is 0.357 e.